The zero-order chi connectivity index (χ0) is 8.60. The van der Waals surface area contributed by atoms with E-state index in [0.29, 0.717) is 5.69 Å². The third-order valence-electron chi connectivity index (χ3n) is 2.27. The lowest BCUT2D eigenvalue weighted by molar-refractivity contribution is 0.111. The summed E-state index contributed by atoms with van der Waals surface area (Å²) in [4.78, 5) is 14.3. The molecule has 1 saturated carbocycles. The van der Waals surface area contributed by atoms with Crippen LogP contribution in [0.4, 0.5) is 0 Å². The van der Waals surface area contributed by atoms with Crippen molar-refractivity contribution in [3.63, 3.8) is 0 Å². The molecule has 0 unspecified atom stereocenters. The second-order valence-electron chi connectivity index (χ2n) is 3.24. The van der Waals surface area contributed by atoms with E-state index in [9.17, 15) is 4.79 Å². The highest BCUT2D eigenvalue weighted by Crippen LogP contribution is 2.42. The van der Waals surface area contributed by atoms with E-state index >= 15 is 0 Å². The first-order valence-electron chi connectivity index (χ1n) is 3.95. The Bertz CT molecular complexity index is 318. The Balaban J connectivity index is 2.38. The molecule has 1 aliphatic rings. The first-order valence-corrected chi connectivity index (χ1v) is 3.95. The van der Waals surface area contributed by atoms with Crippen molar-refractivity contribution in [2.75, 3.05) is 0 Å². The lowest BCUT2D eigenvalue weighted by Crippen LogP contribution is -2.18. The Morgan fingerprint density at radius 1 is 1.58 bits per heavy atom. The fourth-order valence-corrected chi connectivity index (χ4v) is 1.25. The molecule has 1 fully saturated rings. The summed E-state index contributed by atoms with van der Waals surface area (Å²) >= 11 is 0. The van der Waals surface area contributed by atoms with Crippen LogP contribution in [0.5, 0.6) is 0 Å². The van der Waals surface area contributed by atoms with Gasteiger partial charge < -0.3 is 5.73 Å². The summed E-state index contributed by atoms with van der Waals surface area (Å²) in [6.07, 6.45) is 4.39. The summed E-state index contributed by atoms with van der Waals surface area (Å²) in [5.74, 6) is 0. The smallest absolute Gasteiger partial charge is 0.168 e. The number of hydrogen-bond acceptors (Lipinski definition) is 3. The zero-order valence-electron chi connectivity index (χ0n) is 6.66. The van der Waals surface area contributed by atoms with Gasteiger partial charge in [0, 0.05) is 11.7 Å². The average Bonchev–Trinajstić information content (AvgIpc) is 2.85. The minimum atomic E-state index is -0.166. The molecule has 0 atom stereocenters. The Kier molecular flexibility index (Phi) is 1.48. The molecule has 0 radical (unpaired) electrons. The van der Waals surface area contributed by atoms with Crippen molar-refractivity contribution in [2.24, 2.45) is 5.73 Å². The molecule has 62 valence electrons. The van der Waals surface area contributed by atoms with Crippen molar-refractivity contribution in [1.82, 2.24) is 4.98 Å². The highest BCUT2D eigenvalue weighted by Gasteiger charge is 2.39. The molecule has 1 aromatic rings. The first kappa shape index (κ1) is 7.43. The number of hydrogen-bond donors (Lipinski definition) is 1. The topological polar surface area (TPSA) is 56.0 Å². The molecule has 0 aliphatic heterocycles. The number of nitrogens with two attached hydrogens (primary N) is 1. The summed E-state index contributed by atoms with van der Waals surface area (Å²) < 4.78 is 0. The van der Waals surface area contributed by atoms with Gasteiger partial charge >= 0.3 is 0 Å². The van der Waals surface area contributed by atoms with Gasteiger partial charge in [-0.1, -0.05) is 0 Å². The molecule has 1 aromatic heterocycles. The fourth-order valence-electron chi connectivity index (χ4n) is 1.25. The molecule has 0 spiro atoms. The first-order chi connectivity index (χ1) is 5.74. The van der Waals surface area contributed by atoms with Gasteiger partial charge in [0.05, 0.1) is 0 Å². The number of aldehydes is 1. The normalized spacial score (nSPS) is 18.8. The second kappa shape index (κ2) is 2.38. The van der Waals surface area contributed by atoms with Crippen molar-refractivity contribution in [1.29, 1.82) is 0 Å². The van der Waals surface area contributed by atoms with Crippen LogP contribution >= 0.6 is 0 Å². The molecule has 0 amide bonds. The van der Waals surface area contributed by atoms with Crippen molar-refractivity contribution < 1.29 is 4.79 Å². The number of pyridine rings is 1. The van der Waals surface area contributed by atoms with Crippen LogP contribution in [0.1, 0.15) is 28.9 Å². The predicted octanol–water partition coefficient (Wildman–Crippen LogP) is 0.842. The minimum absolute atomic E-state index is 0.166. The monoisotopic (exact) mass is 162 g/mol. The number of rotatable bonds is 2. The summed E-state index contributed by atoms with van der Waals surface area (Å²) in [5, 5.41) is 0. The van der Waals surface area contributed by atoms with Gasteiger partial charge in [-0.05, 0) is 30.5 Å². The molecule has 0 bridgehead atoms. The van der Waals surface area contributed by atoms with Gasteiger partial charge in [0.2, 0.25) is 0 Å². The Hall–Kier alpha value is -1.22. The SMILES string of the molecule is NC1(c2ccnc(C=O)c2)CC1. The van der Waals surface area contributed by atoms with Crippen LogP contribution in [-0.4, -0.2) is 11.3 Å². The van der Waals surface area contributed by atoms with E-state index in [-0.39, 0.29) is 5.54 Å². The molecule has 1 aliphatic carbocycles. The average molecular weight is 162 g/mol. The van der Waals surface area contributed by atoms with Crippen LogP contribution in [0.15, 0.2) is 18.3 Å². The van der Waals surface area contributed by atoms with Crippen molar-refractivity contribution in [3.8, 4) is 0 Å². The standard InChI is InChI=1S/C9H10N2O/c10-9(2-3-9)7-1-4-11-8(5-7)6-12/h1,4-6H,2-3,10H2. The van der Waals surface area contributed by atoms with E-state index in [2.05, 4.69) is 4.98 Å². The largest absolute Gasteiger partial charge is 0.321 e. The van der Waals surface area contributed by atoms with Crippen LogP contribution in [0.3, 0.4) is 0 Å². The van der Waals surface area contributed by atoms with Gasteiger partial charge in [0.25, 0.3) is 0 Å². The summed E-state index contributed by atoms with van der Waals surface area (Å²) in [5.41, 5.74) is 7.27. The van der Waals surface area contributed by atoms with E-state index in [4.69, 9.17) is 5.73 Å². The van der Waals surface area contributed by atoms with Crippen molar-refractivity contribution in [2.45, 2.75) is 18.4 Å². The molecule has 0 aromatic carbocycles. The molecule has 12 heavy (non-hydrogen) atoms. The molecule has 3 heteroatoms. The Morgan fingerprint density at radius 3 is 2.92 bits per heavy atom. The van der Waals surface area contributed by atoms with Crippen LogP contribution in [0.2, 0.25) is 0 Å². The van der Waals surface area contributed by atoms with Gasteiger partial charge in [-0.25, -0.2) is 0 Å². The molecule has 2 N–H and O–H groups in total. The van der Waals surface area contributed by atoms with Gasteiger partial charge in [0.15, 0.2) is 6.29 Å². The minimum Gasteiger partial charge on any atom is -0.321 e. The molecule has 1 heterocycles. The van der Waals surface area contributed by atoms with E-state index in [1.54, 1.807) is 12.3 Å². The van der Waals surface area contributed by atoms with E-state index in [0.717, 1.165) is 24.7 Å². The van der Waals surface area contributed by atoms with Crippen LogP contribution < -0.4 is 5.73 Å². The van der Waals surface area contributed by atoms with Gasteiger partial charge in [-0.2, -0.15) is 0 Å². The second-order valence-corrected chi connectivity index (χ2v) is 3.24. The van der Waals surface area contributed by atoms with Crippen LogP contribution in [0.25, 0.3) is 0 Å². The third-order valence-corrected chi connectivity index (χ3v) is 2.27. The highest BCUT2D eigenvalue weighted by molar-refractivity contribution is 5.72. The third kappa shape index (κ3) is 1.12. The van der Waals surface area contributed by atoms with E-state index in [1.165, 1.54) is 0 Å². The maximum Gasteiger partial charge on any atom is 0.168 e. The number of aromatic nitrogens is 1. The van der Waals surface area contributed by atoms with E-state index < -0.39 is 0 Å². The van der Waals surface area contributed by atoms with Gasteiger partial charge in [-0.15, -0.1) is 0 Å². The number of nitrogens with zero attached hydrogens (tertiary/aromatic N) is 1. The maximum absolute atomic E-state index is 10.4. The molecular formula is C9H10N2O. The Labute approximate surface area is 70.6 Å². The number of carbonyl (C=O) groups is 1. The predicted molar refractivity (Wildman–Crippen MR) is 44.7 cm³/mol. The molecule has 3 nitrogen and oxygen atoms in total. The summed E-state index contributed by atoms with van der Waals surface area (Å²) in [7, 11) is 0. The van der Waals surface area contributed by atoms with E-state index in [1.807, 2.05) is 6.07 Å². The van der Waals surface area contributed by atoms with Crippen LogP contribution in [-0.2, 0) is 5.54 Å². The van der Waals surface area contributed by atoms with Crippen molar-refractivity contribution >= 4 is 6.29 Å². The van der Waals surface area contributed by atoms with Gasteiger partial charge in [-0.3, -0.25) is 9.78 Å². The summed E-state index contributed by atoms with van der Waals surface area (Å²) in [6.45, 7) is 0. The zero-order valence-corrected chi connectivity index (χ0v) is 6.66. The molecular weight excluding hydrogens is 152 g/mol. The lowest BCUT2D eigenvalue weighted by Gasteiger charge is -2.07. The quantitative estimate of drug-likeness (QED) is 0.655. The Morgan fingerprint density at radius 2 is 2.33 bits per heavy atom. The van der Waals surface area contributed by atoms with Crippen molar-refractivity contribution in [3.05, 3.63) is 29.6 Å². The molecule has 0 saturated heterocycles. The lowest BCUT2D eigenvalue weighted by atomic mass is 10.1. The molecule has 2 rings (SSSR count). The van der Waals surface area contributed by atoms with Crippen LogP contribution in [0, 0.1) is 0 Å². The fraction of sp³-hybridized carbons (Fsp3) is 0.333. The summed E-state index contributed by atoms with van der Waals surface area (Å²) in [6, 6.07) is 3.64. The van der Waals surface area contributed by atoms with Gasteiger partial charge in [0.1, 0.15) is 5.69 Å². The number of carbonyl (C=O) groups excluding carboxylic acids is 1. The highest BCUT2D eigenvalue weighted by atomic mass is 16.1. The maximum atomic E-state index is 10.4.